The molecule has 0 saturated carbocycles. The molecule has 1 aliphatic heterocycles. The Kier molecular flexibility index (Phi) is 5.24. The van der Waals surface area contributed by atoms with Crippen LogP contribution in [0.2, 0.25) is 0 Å². The lowest BCUT2D eigenvalue weighted by molar-refractivity contribution is 0.0736. The molecular weight excluding hydrogens is 379 g/mol. The molecule has 150 valence electrons. The highest BCUT2D eigenvalue weighted by Gasteiger charge is 2.29. The van der Waals surface area contributed by atoms with Crippen molar-refractivity contribution in [3.05, 3.63) is 42.5 Å². The van der Waals surface area contributed by atoms with Gasteiger partial charge < -0.3 is 24.6 Å². The summed E-state index contributed by atoms with van der Waals surface area (Å²) in [4.78, 5) is 12.5. The van der Waals surface area contributed by atoms with Crippen molar-refractivity contribution in [2.45, 2.75) is 12.2 Å². The van der Waals surface area contributed by atoms with E-state index in [9.17, 15) is 9.50 Å². The van der Waals surface area contributed by atoms with Crippen LogP contribution in [0, 0.1) is 5.82 Å². The van der Waals surface area contributed by atoms with Crippen LogP contribution in [-0.2, 0) is 4.74 Å². The Balaban J connectivity index is 1.74. The number of hydrogen-bond acceptors (Lipinski definition) is 8. The van der Waals surface area contributed by atoms with E-state index in [-0.39, 0.29) is 19.0 Å². The molecule has 4 rings (SSSR count). The van der Waals surface area contributed by atoms with Crippen molar-refractivity contribution >= 4 is 34.8 Å². The maximum absolute atomic E-state index is 13.8. The molecule has 0 bridgehead atoms. The molecule has 0 radical (unpaired) electrons. The Labute approximate surface area is 166 Å². The van der Waals surface area contributed by atoms with Crippen molar-refractivity contribution in [1.82, 2.24) is 9.97 Å². The first-order valence-electron chi connectivity index (χ1n) is 8.87. The molecule has 2 unspecified atom stereocenters. The van der Waals surface area contributed by atoms with Crippen molar-refractivity contribution in [1.29, 1.82) is 0 Å². The fraction of sp³-hybridized carbons (Fsp3) is 0.250. The highest BCUT2D eigenvalue weighted by Crippen LogP contribution is 2.37. The highest BCUT2D eigenvalue weighted by molar-refractivity contribution is 5.98. The minimum Gasteiger partial charge on any atom is -0.496 e. The van der Waals surface area contributed by atoms with Crippen LogP contribution in [-0.4, -0.2) is 54.3 Å². The van der Waals surface area contributed by atoms with Gasteiger partial charge in [0.15, 0.2) is 6.10 Å². The average Bonchev–Trinajstić information content (AvgIpc) is 3.13. The van der Waals surface area contributed by atoms with Crippen molar-refractivity contribution in [3.8, 4) is 11.5 Å². The number of aliphatic imine (C=N–C) groups is 1. The average molecular weight is 398 g/mol. The van der Waals surface area contributed by atoms with Crippen molar-refractivity contribution in [3.63, 3.8) is 0 Å². The van der Waals surface area contributed by atoms with Crippen LogP contribution in [0.3, 0.4) is 0 Å². The summed E-state index contributed by atoms with van der Waals surface area (Å²) in [6.45, 7) is 3.93. The third-order valence-corrected chi connectivity index (χ3v) is 4.56. The molecule has 3 aromatic rings. The van der Waals surface area contributed by atoms with Crippen LogP contribution in [0.1, 0.15) is 0 Å². The number of nitrogens with zero attached hydrogens (tertiary/aromatic N) is 3. The number of nitrogens with one attached hydrogen (secondary N) is 1. The van der Waals surface area contributed by atoms with Crippen LogP contribution in [0.4, 0.5) is 21.6 Å². The molecule has 9 heteroatoms. The maximum atomic E-state index is 13.8. The smallest absolute Gasteiger partial charge is 0.150 e. The first-order valence-corrected chi connectivity index (χ1v) is 8.87. The Hall–Kier alpha value is -3.30. The second-order valence-electron chi connectivity index (χ2n) is 6.45. The Bertz CT molecular complexity index is 1060. The summed E-state index contributed by atoms with van der Waals surface area (Å²) >= 11 is 0. The molecule has 1 aliphatic rings. The largest absolute Gasteiger partial charge is 0.496 e. The standard InChI is InChI=1S/C20H19FN4O4/c1-22-12-6-14-19(17(7-12)27-2)20(24-10-23-14)25-13-4-3-11(21)5-16(13)29-18-9-28-8-15(18)26/h3-7,10,15,18,26H,1,8-9H2,2H3,(H,23,24,25). The minimum atomic E-state index is -0.782. The maximum Gasteiger partial charge on any atom is 0.150 e. The van der Waals surface area contributed by atoms with E-state index in [0.717, 1.165) is 0 Å². The molecule has 0 amide bonds. The molecule has 2 N–H and O–H groups in total. The molecule has 1 saturated heterocycles. The van der Waals surface area contributed by atoms with Gasteiger partial charge in [0.2, 0.25) is 0 Å². The predicted octanol–water partition coefficient (Wildman–Crippen LogP) is 2.99. The summed E-state index contributed by atoms with van der Waals surface area (Å²) < 4.78 is 30.3. The molecule has 1 fully saturated rings. The highest BCUT2D eigenvalue weighted by atomic mass is 19.1. The number of benzene rings is 2. The zero-order valence-electron chi connectivity index (χ0n) is 15.6. The number of rotatable bonds is 6. The molecule has 2 atom stereocenters. The topological polar surface area (TPSA) is 98.1 Å². The number of aliphatic hydroxyl groups excluding tert-OH is 1. The van der Waals surface area contributed by atoms with E-state index in [4.69, 9.17) is 14.2 Å². The van der Waals surface area contributed by atoms with Gasteiger partial charge in [-0.2, -0.15) is 0 Å². The van der Waals surface area contributed by atoms with Crippen LogP contribution >= 0.6 is 0 Å². The van der Waals surface area contributed by atoms with Gasteiger partial charge in [0.05, 0.1) is 42.6 Å². The summed E-state index contributed by atoms with van der Waals surface area (Å²) in [6.07, 6.45) is 0.0291. The summed E-state index contributed by atoms with van der Waals surface area (Å²) in [6, 6.07) is 7.56. The van der Waals surface area contributed by atoms with Crippen molar-refractivity contribution in [2.24, 2.45) is 4.99 Å². The Morgan fingerprint density at radius 1 is 1.24 bits per heavy atom. The number of ether oxygens (including phenoxy) is 3. The van der Waals surface area contributed by atoms with Gasteiger partial charge >= 0.3 is 0 Å². The number of hydrogen-bond donors (Lipinski definition) is 2. The number of aliphatic hydroxyl groups is 1. The Morgan fingerprint density at radius 3 is 2.83 bits per heavy atom. The molecule has 1 aromatic heterocycles. The fourth-order valence-electron chi connectivity index (χ4n) is 3.11. The summed E-state index contributed by atoms with van der Waals surface area (Å²) in [5.74, 6) is 0.722. The van der Waals surface area contributed by atoms with Gasteiger partial charge in [0.1, 0.15) is 35.6 Å². The fourth-order valence-corrected chi connectivity index (χ4v) is 3.11. The molecule has 2 heterocycles. The SMILES string of the molecule is C=Nc1cc(OC)c2c(Nc3ccc(F)cc3OC3COCC3O)ncnc2c1. The van der Waals surface area contributed by atoms with Gasteiger partial charge in [-0.25, -0.2) is 14.4 Å². The van der Waals surface area contributed by atoms with Gasteiger partial charge in [0.25, 0.3) is 0 Å². The second kappa shape index (κ2) is 7.98. The van der Waals surface area contributed by atoms with E-state index in [0.29, 0.717) is 33.8 Å². The van der Waals surface area contributed by atoms with Gasteiger partial charge in [0, 0.05) is 12.1 Å². The lowest BCUT2D eigenvalue weighted by Gasteiger charge is -2.19. The monoisotopic (exact) mass is 398 g/mol. The number of anilines is 2. The van der Waals surface area contributed by atoms with E-state index in [1.807, 2.05) is 0 Å². The first kappa shape index (κ1) is 19.0. The van der Waals surface area contributed by atoms with Crippen LogP contribution < -0.4 is 14.8 Å². The van der Waals surface area contributed by atoms with Crippen LogP contribution in [0.15, 0.2) is 41.7 Å². The van der Waals surface area contributed by atoms with Crippen molar-refractivity contribution in [2.75, 3.05) is 25.6 Å². The molecule has 0 aliphatic carbocycles. The first-order chi connectivity index (χ1) is 14.1. The minimum absolute atomic E-state index is 0.177. The number of halogens is 1. The van der Waals surface area contributed by atoms with Crippen LogP contribution in [0.5, 0.6) is 11.5 Å². The number of aromatic nitrogens is 2. The number of fused-ring (bicyclic) bond motifs is 1. The number of methoxy groups -OCH3 is 1. The van der Waals surface area contributed by atoms with Gasteiger partial charge in [-0.3, -0.25) is 4.99 Å². The predicted molar refractivity (Wildman–Crippen MR) is 106 cm³/mol. The molecule has 8 nitrogen and oxygen atoms in total. The van der Waals surface area contributed by atoms with Crippen LogP contribution in [0.25, 0.3) is 10.9 Å². The lowest BCUT2D eigenvalue weighted by Crippen LogP contribution is -2.30. The normalized spacial score (nSPS) is 18.6. The lowest BCUT2D eigenvalue weighted by atomic mass is 10.1. The summed E-state index contributed by atoms with van der Waals surface area (Å²) in [5.41, 5.74) is 1.69. The third kappa shape index (κ3) is 3.82. The summed E-state index contributed by atoms with van der Waals surface area (Å²) in [7, 11) is 1.53. The Morgan fingerprint density at radius 2 is 2.10 bits per heavy atom. The molecular formula is C20H19FN4O4. The molecule has 29 heavy (non-hydrogen) atoms. The zero-order valence-corrected chi connectivity index (χ0v) is 15.6. The van der Waals surface area contributed by atoms with Gasteiger partial charge in [-0.05, 0) is 24.9 Å². The van der Waals surface area contributed by atoms with E-state index < -0.39 is 18.0 Å². The van der Waals surface area contributed by atoms with E-state index in [2.05, 4.69) is 27.0 Å². The quantitative estimate of drug-likeness (QED) is 0.616. The van der Waals surface area contributed by atoms with Gasteiger partial charge in [-0.1, -0.05) is 0 Å². The summed E-state index contributed by atoms with van der Waals surface area (Å²) in [5, 5.41) is 13.7. The third-order valence-electron chi connectivity index (χ3n) is 4.56. The van der Waals surface area contributed by atoms with E-state index >= 15 is 0 Å². The van der Waals surface area contributed by atoms with E-state index in [1.165, 1.54) is 31.6 Å². The van der Waals surface area contributed by atoms with Gasteiger partial charge in [-0.15, -0.1) is 0 Å². The second-order valence-corrected chi connectivity index (χ2v) is 6.45. The molecule has 0 spiro atoms. The zero-order chi connectivity index (χ0) is 20.4. The molecule has 2 aromatic carbocycles. The van der Waals surface area contributed by atoms with E-state index in [1.54, 1.807) is 12.1 Å². The van der Waals surface area contributed by atoms with Crippen molar-refractivity contribution < 1.29 is 23.7 Å².